The van der Waals surface area contributed by atoms with Crippen LogP contribution in [0.15, 0.2) is 22.7 Å². The molecule has 6 heteroatoms. The van der Waals surface area contributed by atoms with E-state index < -0.39 is 0 Å². The Bertz CT molecular complexity index is 479. The summed E-state index contributed by atoms with van der Waals surface area (Å²) >= 11 is 9.12. The molecule has 1 aromatic carbocycles. The SMILES string of the molecule is O=C1CC(C(=O)Nc2ccc(Cl)cc2Br)CN1. The number of amides is 2. The van der Waals surface area contributed by atoms with E-state index in [4.69, 9.17) is 11.6 Å². The standard InChI is InChI=1S/C11H10BrClN2O2/c12-8-4-7(13)1-2-9(8)15-11(17)6-3-10(16)14-5-6/h1-2,4,6H,3,5H2,(H,14,16)(H,15,17). The monoisotopic (exact) mass is 316 g/mol. The Morgan fingerprint density at radius 1 is 1.53 bits per heavy atom. The van der Waals surface area contributed by atoms with Gasteiger partial charge in [-0.1, -0.05) is 11.6 Å². The molecule has 0 aromatic heterocycles. The summed E-state index contributed by atoms with van der Waals surface area (Å²) in [6.45, 7) is 0.399. The van der Waals surface area contributed by atoms with Gasteiger partial charge in [-0.3, -0.25) is 9.59 Å². The van der Waals surface area contributed by atoms with Crippen molar-refractivity contribution in [1.82, 2.24) is 5.32 Å². The molecule has 1 fully saturated rings. The molecule has 2 amide bonds. The summed E-state index contributed by atoms with van der Waals surface area (Å²) in [7, 11) is 0. The minimum absolute atomic E-state index is 0.0830. The van der Waals surface area contributed by atoms with E-state index in [1.54, 1.807) is 18.2 Å². The molecule has 0 spiro atoms. The lowest BCUT2D eigenvalue weighted by Gasteiger charge is -2.10. The van der Waals surface area contributed by atoms with Gasteiger partial charge in [-0.15, -0.1) is 0 Å². The van der Waals surface area contributed by atoms with Crippen molar-refractivity contribution < 1.29 is 9.59 Å². The molecule has 0 aliphatic carbocycles. The summed E-state index contributed by atoms with van der Waals surface area (Å²) in [6, 6.07) is 5.11. The van der Waals surface area contributed by atoms with Crippen LogP contribution in [0.1, 0.15) is 6.42 Å². The zero-order chi connectivity index (χ0) is 12.4. The van der Waals surface area contributed by atoms with Gasteiger partial charge < -0.3 is 10.6 Å². The number of carbonyl (C=O) groups excluding carboxylic acids is 2. The number of anilines is 1. The maximum absolute atomic E-state index is 11.8. The summed E-state index contributed by atoms with van der Waals surface area (Å²) in [5, 5.41) is 5.98. The van der Waals surface area contributed by atoms with Crippen LogP contribution in [0.4, 0.5) is 5.69 Å². The van der Waals surface area contributed by atoms with Gasteiger partial charge in [0.1, 0.15) is 0 Å². The van der Waals surface area contributed by atoms with Crippen molar-refractivity contribution in [2.24, 2.45) is 5.92 Å². The molecule has 1 aliphatic rings. The Labute approximate surface area is 112 Å². The highest BCUT2D eigenvalue weighted by molar-refractivity contribution is 9.10. The number of carbonyl (C=O) groups is 2. The van der Waals surface area contributed by atoms with Crippen molar-refractivity contribution in [2.75, 3.05) is 11.9 Å². The van der Waals surface area contributed by atoms with Crippen LogP contribution in [-0.2, 0) is 9.59 Å². The number of benzene rings is 1. The first-order valence-electron chi connectivity index (χ1n) is 5.09. The topological polar surface area (TPSA) is 58.2 Å². The quantitative estimate of drug-likeness (QED) is 0.878. The van der Waals surface area contributed by atoms with Gasteiger partial charge in [0.2, 0.25) is 11.8 Å². The normalized spacial score (nSPS) is 18.9. The van der Waals surface area contributed by atoms with Crippen molar-refractivity contribution >= 4 is 45.0 Å². The molecule has 1 saturated heterocycles. The van der Waals surface area contributed by atoms with Crippen molar-refractivity contribution in [1.29, 1.82) is 0 Å². The average Bonchev–Trinajstić information content (AvgIpc) is 2.69. The van der Waals surface area contributed by atoms with Gasteiger partial charge >= 0.3 is 0 Å². The van der Waals surface area contributed by atoms with Crippen LogP contribution >= 0.6 is 27.5 Å². The Morgan fingerprint density at radius 3 is 2.88 bits per heavy atom. The molecule has 1 aliphatic heterocycles. The number of nitrogens with one attached hydrogen (secondary N) is 2. The van der Waals surface area contributed by atoms with Crippen LogP contribution in [0.2, 0.25) is 5.02 Å². The molecule has 1 unspecified atom stereocenters. The van der Waals surface area contributed by atoms with E-state index in [9.17, 15) is 9.59 Å². The smallest absolute Gasteiger partial charge is 0.229 e. The molecule has 0 bridgehead atoms. The molecule has 4 nitrogen and oxygen atoms in total. The maximum atomic E-state index is 11.8. The van der Waals surface area contributed by atoms with Gasteiger partial charge in [0.25, 0.3) is 0 Å². The molecule has 90 valence electrons. The summed E-state index contributed by atoms with van der Waals surface area (Å²) in [5.41, 5.74) is 0.652. The summed E-state index contributed by atoms with van der Waals surface area (Å²) in [4.78, 5) is 22.8. The molecular weight excluding hydrogens is 307 g/mol. The van der Waals surface area contributed by atoms with Crippen LogP contribution < -0.4 is 10.6 Å². The first kappa shape index (κ1) is 12.4. The third-order valence-corrected chi connectivity index (χ3v) is 3.43. The van der Waals surface area contributed by atoms with Crippen molar-refractivity contribution in [2.45, 2.75) is 6.42 Å². The van der Waals surface area contributed by atoms with E-state index in [1.807, 2.05) is 0 Å². The van der Waals surface area contributed by atoms with Crippen LogP contribution in [0, 0.1) is 5.92 Å². The predicted molar refractivity (Wildman–Crippen MR) is 68.9 cm³/mol. The summed E-state index contributed by atoms with van der Waals surface area (Å²) in [5.74, 6) is -0.545. The lowest BCUT2D eigenvalue weighted by molar-refractivity contribution is -0.123. The highest BCUT2D eigenvalue weighted by Crippen LogP contribution is 2.26. The third-order valence-electron chi connectivity index (χ3n) is 2.54. The Balaban J connectivity index is 2.05. The number of hydrogen-bond acceptors (Lipinski definition) is 2. The highest BCUT2D eigenvalue weighted by atomic mass is 79.9. The van der Waals surface area contributed by atoms with Gasteiger partial charge in [-0.2, -0.15) is 0 Å². The second kappa shape index (κ2) is 5.06. The largest absolute Gasteiger partial charge is 0.355 e. The van der Waals surface area contributed by atoms with Gasteiger partial charge in [-0.05, 0) is 34.1 Å². The minimum Gasteiger partial charge on any atom is -0.355 e. The van der Waals surface area contributed by atoms with Gasteiger partial charge in [0, 0.05) is 22.5 Å². The Morgan fingerprint density at radius 2 is 2.29 bits per heavy atom. The highest BCUT2D eigenvalue weighted by Gasteiger charge is 2.28. The van der Waals surface area contributed by atoms with Crippen LogP contribution in [-0.4, -0.2) is 18.4 Å². The maximum Gasteiger partial charge on any atom is 0.229 e. The molecule has 1 aromatic rings. The number of halogens is 2. The fraction of sp³-hybridized carbons (Fsp3) is 0.273. The zero-order valence-electron chi connectivity index (χ0n) is 8.80. The van der Waals surface area contributed by atoms with Crippen molar-refractivity contribution in [3.8, 4) is 0 Å². The molecule has 0 saturated carbocycles. The second-order valence-electron chi connectivity index (χ2n) is 3.82. The molecule has 2 rings (SSSR count). The van der Waals surface area contributed by atoms with Crippen LogP contribution in [0.25, 0.3) is 0 Å². The van der Waals surface area contributed by atoms with Crippen LogP contribution in [0.5, 0.6) is 0 Å². The first-order chi connectivity index (χ1) is 8.06. The van der Waals surface area contributed by atoms with E-state index in [0.29, 0.717) is 17.3 Å². The van der Waals surface area contributed by atoms with Crippen LogP contribution in [0.3, 0.4) is 0 Å². The van der Waals surface area contributed by atoms with Crippen molar-refractivity contribution in [3.05, 3.63) is 27.7 Å². The molecule has 1 atom stereocenters. The fourth-order valence-electron chi connectivity index (χ4n) is 1.62. The first-order valence-corrected chi connectivity index (χ1v) is 6.26. The molecular formula is C11H10BrClN2O2. The van der Waals surface area contributed by atoms with Gasteiger partial charge in [-0.25, -0.2) is 0 Å². The Hall–Kier alpha value is -1.07. The van der Waals surface area contributed by atoms with Gasteiger partial charge in [0.05, 0.1) is 11.6 Å². The number of hydrogen-bond donors (Lipinski definition) is 2. The summed E-state index contributed by atoms with van der Waals surface area (Å²) in [6.07, 6.45) is 0.247. The van der Waals surface area contributed by atoms with Gasteiger partial charge in [0.15, 0.2) is 0 Å². The fourth-order valence-corrected chi connectivity index (χ4v) is 2.40. The van der Waals surface area contributed by atoms with E-state index in [1.165, 1.54) is 0 Å². The van der Waals surface area contributed by atoms with E-state index in [-0.39, 0.29) is 24.2 Å². The molecule has 17 heavy (non-hydrogen) atoms. The molecule has 0 radical (unpaired) electrons. The Kier molecular flexibility index (Phi) is 3.69. The second-order valence-corrected chi connectivity index (χ2v) is 5.11. The number of rotatable bonds is 2. The molecule has 2 N–H and O–H groups in total. The van der Waals surface area contributed by atoms with Crippen molar-refractivity contribution in [3.63, 3.8) is 0 Å². The zero-order valence-corrected chi connectivity index (χ0v) is 11.1. The third kappa shape index (κ3) is 2.98. The average molecular weight is 318 g/mol. The lowest BCUT2D eigenvalue weighted by atomic mass is 10.1. The molecule has 1 heterocycles. The van der Waals surface area contributed by atoms with E-state index in [2.05, 4.69) is 26.6 Å². The van der Waals surface area contributed by atoms with E-state index >= 15 is 0 Å². The minimum atomic E-state index is -0.301. The summed E-state index contributed by atoms with van der Waals surface area (Å²) < 4.78 is 0.718. The van der Waals surface area contributed by atoms with E-state index in [0.717, 1.165) is 4.47 Å². The lowest BCUT2D eigenvalue weighted by Crippen LogP contribution is -2.24. The predicted octanol–water partition coefficient (Wildman–Crippen LogP) is 2.18.